The molecule has 4 heteroatoms. The van der Waals surface area contributed by atoms with Crippen molar-refractivity contribution in [3.05, 3.63) is 35.8 Å². The van der Waals surface area contributed by atoms with Crippen molar-refractivity contribution < 1.29 is 4.79 Å². The minimum absolute atomic E-state index is 0.0876. The van der Waals surface area contributed by atoms with Crippen LogP contribution in [0.3, 0.4) is 0 Å². The molecule has 2 aromatic heterocycles. The summed E-state index contributed by atoms with van der Waals surface area (Å²) in [5, 5.41) is 2.85. The summed E-state index contributed by atoms with van der Waals surface area (Å²) < 4.78 is 2.00. The number of rotatable bonds is 4. The van der Waals surface area contributed by atoms with Crippen LogP contribution in [-0.4, -0.2) is 21.8 Å². The Kier molecular flexibility index (Phi) is 3.42. The zero-order chi connectivity index (χ0) is 12.3. The Labute approximate surface area is 101 Å². The third-order valence-electron chi connectivity index (χ3n) is 2.69. The van der Waals surface area contributed by atoms with Gasteiger partial charge in [-0.1, -0.05) is 6.92 Å². The molecule has 0 fully saturated rings. The lowest BCUT2D eigenvalue weighted by Gasteiger charge is -2.00. The zero-order valence-corrected chi connectivity index (χ0v) is 10.2. The molecule has 0 saturated carbocycles. The largest absolute Gasteiger partial charge is 0.356 e. The average Bonchev–Trinajstić information content (AvgIpc) is 2.70. The van der Waals surface area contributed by atoms with Crippen molar-refractivity contribution in [3.8, 4) is 0 Å². The van der Waals surface area contributed by atoms with E-state index in [1.165, 1.54) is 5.56 Å². The third-order valence-corrected chi connectivity index (χ3v) is 2.69. The minimum Gasteiger partial charge on any atom is -0.356 e. The molecule has 90 valence electrons. The number of hydrogen-bond acceptors (Lipinski definition) is 2. The first kappa shape index (κ1) is 11.6. The van der Waals surface area contributed by atoms with Crippen LogP contribution in [0.2, 0.25) is 0 Å². The van der Waals surface area contributed by atoms with Gasteiger partial charge in [0.05, 0.1) is 5.69 Å². The summed E-state index contributed by atoms with van der Waals surface area (Å²) in [7, 11) is 0. The maximum absolute atomic E-state index is 11.1. The molecule has 2 aromatic rings. The van der Waals surface area contributed by atoms with E-state index in [4.69, 9.17) is 0 Å². The van der Waals surface area contributed by atoms with Gasteiger partial charge >= 0.3 is 0 Å². The molecule has 0 radical (unpaired) electrons. The van der Waals surface area contributed by atoms with E-state index in [-0.39, 0.29) is 5.91 Å². The number of amides is 1. The summed E-state index contributed by atoms with van der Waals surface area (Å²) in [4.78, 5) is 15.6. The molecule has 0 aliphatic heterocycles. The number of carbonyl (C=O) groups is 1. The molecule has 1 amide bonds. The smallest absolute Gasteiger partial charge is 0.219 e. The zero-order valence-electron chi connectivity index (χ0n) is 10.2. The molecule has 1 N–H and O–H groups in total. The van der Waals surface area contributed by atoms with Crippen LogP contribution in [0, 0.1) is 6.92 Å². The summed E-state index contributed by atoms with van der Waals surface area (Å²) in [6.07, 6.45) is 5.31. The standard InChI is InChI=1S/C13H17N3O/c1-3-13(17)14-6-4-11-9-16-7-5-10(2)8-12(16)15-11/h5,7-9H,3-4,6H2,1-2H3,(H,14,17). The molecule has 0 bridgehead atoms. The maximum atomic E-state index is 11.1. The lowest BCUT2D eigenvalue weighted by Crippen LogP contribution is -2.24. The summed E-state index contributed by atoms with van der Waals surface area (Å²) >= 11 is 0. The number of pyridine rings is 1. The predicted octanol–water partition coefficient (Wildman–Crippen LogP) is 1.71. The second kappa shape index (κ2) is 4.99. The van der Waals surface area contributed by atoms with Crippen molar-refractivity contribution in [3.63, 3.8) is 0 Å². The average molecular weight is 231 g/mol. The molecule has 4 nitrogen and oxygen atoms in total. The van der Waals surface area contributed by atoms with Crippen LogP contribution >= 0.6 is 0 Å². The van der Waals surface area contributed by atoms with Crippen molar-refractivity contribution in [2.24, 2.45) is 0 Å². The molecule has 17 heavy (non-hydrogen) atoms. The van der Waals surface area contributed by atoms with Crippen LogP contribution in [0.25, 0.3) is 5.65 Å². The van der Waals surface area contributed by atoms with Crippen LogP contribution < -0.4 is 5.32 Å². The van der Waals surface area contributed by atoms with Gasteiger partial charge in [0.25, 0.3) is 0 Å². The van der Waals surface area contributed by atoms with Gasteiger partial charge in [-0.15, -0.1) is 0 Å². The Morgan fingerprint density at radius 1 is 1.53 bits per heavy atom. The van der Waals surface area contributed by atoms with E-state index in [1.54, 1.807) is 0 Å². The van der Waals surface area contributed by atoms with Crippen LogP contribution in [-0.2, 0) is 11.2 Å². The highest BCUT2D eigenvalue weighted by Crippen LogP contribution is 2.07. The number of nitrogens with one attached hydrogen (secondary N) is 1. The number of aromatic nitrogens is 2. The number of nitrogens with zero attached hydrogens (tertiary/aromatic N) is 2. The van der Waals surface area contributed by atoms with Gasteiger partial charge in [0.1, 0.15) is 5.65 Å². The molecule has 0 spiro atoms. The first-order valence-corrected chi connectivity index (χ1v) is 5.90. The normalized spacial score (nSPS) is 10.7. The van der Waals surface area contributed by atoms with Gasteiger partial charge in [0, 0.05) is 31.8 Å². The van der Waals surface area contributed by atoms with Gasteiger partial charge in [-0.3, -0.25) is 4.79 Å². The number of aryl methyl sites for hydroxylation is 1. The maximum Gasteiger partial charge on any atom is 0.219 e. The molecule has 0 saturated heterocycles. The van der Waals surface area contributed by atoms with Gasteiger partial charge in [-0.25, -0.2) is 4.98 Å². The highest BCUT2D eigenvalue weighted by atomic mass is 16.1. The van der Waals surface area contributed by atoms with E-state index in [9.17, 15) is 4.79 Å². The molecule has 0 aliphatic carbocycles. The molecular formula is C13H17N3O. The number of fused-ring (bicyclic) bond motifs is 1. The third kappa shape index (κ3) is 2.84. The van der Waals surface area contributed by atoms with Gasteiger partial charge in [0.2, 0.25) is 5.91 Å². The molecule has 2 rings (SSSR count). The quantitative estimate of drug-likeness (QED) is 0.870. The molecule has 0 aromatic carbocycles. The van der Waals surface area contributed by atoms with Crippen molar-refractivity contribution in [1.29, 1.82) is 0 Å². The fourth-order valence-corrected chi connectivity index (χ4v) is 1.71. The van der Waals surface area contributed by atoms with E-state index in [1.807, 2.05) is 29.8 Å². The van der Waals surface area contributed by atoms with Gasteiger partial charge in [-0.05, 0) is 24.6 Å². The fraction of sp³-hybridized carbons (Fsp3) is 0.385. The molecule has 0 atom stereocenters. The fourth-order valence-electron chi connectivity index (χ4n) is 1.71. The number of hydrogen-bond donors (Lipinski definition) is 1. The number of imidazole rings is 1. The summed E-state index contributed by atoms with van der Waals surface area (Å²) in [6.45, 7) is 4.55. The highest BCUT2D eigenvalue weighted by Gasteiger charge is 2.02. The van der Waals surface area contributed by atoms with E-state index in [0.717, 1.165) is 17.8 Å². The van der Waals surface area contributed by atoms with Crippen molar-refractivity contribution >= 4 is 11.6 Å². The number of carbonyl (C=O) groups excluding carboxylic acids is 1. The monoisotopic (exact) mass is 231 g/mol. The highest BCUT2D eigenvalue weighted by molar-refractivity contribution is 5.75. The lowest BCUT2D eigenvalue weighted by molar-refractivity contribution is -0.120. The second-order valence-corrected chi connectivity index (χ2v) is 4.16. The Morgan fingerprint density at radius 2 is 2.35 bits per heavy atom. The van der Waals surface area contributed by atoms with Crippen LogP contribution in [0.1, 0.15) is 24.6 Å². The van der Waals surface area contributed by atoms with Gasteiger partial charge < -0.3 is 9.72 Å². The summed E-state index contributed by atoms with van der Waals surface area (Å²) in [6, 6.07) is 4.10. The molecule has 0 unspecified atom stereocenters. The van der Waals surface area contributed by atoms with Crippen molar-refractivity contribution in [2.45, 2.75) is 26.7 Å². The Balaban J connectivity index is 2.02. The topological polar surface area (TPSA) is 46.4 Å². The van der Waals surface area contributed by atoms with E-state index < -0.39 is 0 Å². The van der Waals surface area contributed by atoms with E-state index in [2.05, 4.69) is 23.3 Å². The van der Waals surface area contributed by atoms with Crippen LogP contribution in [0.5, 0.6) is 0 Å². The van der Waals surface area contributed by atoms with Crippen LogP contribution in [0.15, 0.2) is 24.5 Å². The first-order chi connectivity index (χ1) is 8.19. The van der Waals surface area contributed by atoms with E-state index >= 15 is 0 Å². The predicted molar refractivity (Wildman–Crippen MR) is 66.9 cm³/mol. The first-order valence-electron chi connectivity index (χ1n) is 5.90. The van der Waals surface area contributed by atoms with Crippen molar-refractivity contribution in [2.75, 3.05) is 6.54 Å². The van der Waals surface area contributed by atoms with E-state index in [0.29, 0.717) is 13.0 Å². The Hall–Kier alpha value is -1.84. The Bertz CT molecular complexity index is 530. The minimum atomic E-state index is 0.0876. The molecule has 0 aliphatic rings. The SMILES string of the molecule is CCC(=O)NCCc1cn2ccc(C)cc2n1. The summed E-state index contributed by atoms with van der Waals surface area (Å²) in [5.74, 6) is 0.0876. The second-order valence-electron chi connectivity index (χ2n) is 4.16. The molecular weight excluding hydrogens is 214 g/mol. The van der Waals surface area contributed by atoms with Gasteiger partial charge in [-0.2, -0.15) is 0 Å². The molecule has 2 heterocycles. The van der Waals surface area contributed by atoms with Crippen molar-refractivity contribution in [1.82, 2.24) is 14.7 Å². The lowest BCUT2D eigenvalue weighted by atomic mass is 10.3. The Morgan fingerprint density at radius 3 is 3.12 bits per heavy atom. The van der Waals surface area contributed by atoms with Crippen LogP contribution in [0.4, 0.5) is 0 Å². The summed E-state index contributed by atoms with van der Waals surface area (Å²) in [5.41, 5.74) is 3.17. The van der Waals surface area contributed by atoms with Gasteiger partial charge in [0.15, 0.2) is 0 Å².